The minimum absolute atomic E-state index is 0.193. The van der Waals surface area contributed by atoms with Crippen LogP contribution in [0.3, 0.4) is 0 Å². The first-order chi connectivity index (χ1) is 14.6. The van der Waals surface area contributed by atoms with Crippen molar-refractivity contribution in [3.05, 3.63) is 76.5 Å². The molecule has 0 saturated heterocycles. The Bertz CT molecular complexity index is 1370. The number of halogens is 1. The van der Waals surface area contributed by atoms with Crippen molar-refractivity contribution in [2.24, 2.45) is 0 Å². The average Bonchev–Trinajstić information content (AvgIpc) is 3.29. The van der Waals surface area contributed by atoms with Gasteiger partial charge in [-0.05, 0) is 55.0 Å². The first-order valence-corrected chi connectivity index (χ1v) is 12.1. The summed E-state index contributed by atoms with van der Waals surface area (Å²) in [6.07, 6.45) is 1.14. The average molecular weight is 458 g/mol. The van der Waals surface area contributed by atoms with E-state index in [1.165, 1.54) is 40.5 Å². The van der Waals surface area contributed by atoms with Crippen molar-refractivity contribution in [2.45, 2.75) is 18.4 Å². The van der Waals surface area contributed by atoms with Gasteiger partial charge in [0.1, 0.15) is 10.6 Å². The van der Waals surface area contributed by atoms with E-state index in [2.05, 4.69) is 5.10 Å². The van der Waals surface area contributed by atoms with E-state index in [-0.39, 0.29) is 16.6 Å². The number of aryl methyl sites for hydroxylation is 1. The third-order valence-corrected chi connectivity index (χ3v) is 7.29. The van der Waals surface area contributed by atoms with Gasteiger partial charge in [0.2, 0.25) is 0 Å². The van der Waals surface area contributed by atoms with Crippen LogP contribution in [-0.2, 0) is 16.4 Å². The molecule has 0 unspecified atom stereocenters. The van der Waals surface area contributed by atoms with E-state index in [1.54, 1.807) is 31.3 Å². The normalized spacial score (nSPS) is 11.7. The van der Waals surface area contributed by atoms with Gasteiger partial charge in [-0.1, -0.05) is 12.1 Å². The molecule has 2 aromatic carbocycles. The Kier molecular flexibility index (Phi) is 5.40. The van der Waals surface area contributed by atoms with Gasteiger partial charge in [0.25, 0.3) is 5.91 Å². The maximum atomic E-state index is 13.2. The molecule has 0 saturated carbocycles. The molecule has 0 N–H and O–H groups in total. The van der Waals surface area contributed by atoms with E-state index in [9.17, 15) is 17.6 Å². The molecule has 31 heavy (non-hydrogen) atoms. The van der Waals surface area contributed by atoms with Gasteiger partial charge >= 0.3 is 0 Å². The zero-order valence-electron chi connectivity index (χ0n) is 17.2. The molecular formula is C22H20FN3O3S2. The second-order valence-corrected chi connectivity index (χ2v) is 10.4. The van der Waals surface area contributed by atoms with E-state index in [4.69, 9.17) is 0 Å². The van der Waals surface area contributed by atoms with Gasteiger partial charge in [-0.2, -0.15) is 5.10 Å². The summed E-state index contributed by atoms with van der Waals surface area (Å²) in [5.41, 5.74) is 2.32. The van der Waals surface area contributed by atoms with Crippen LogP contribution in [0.5, 0.6) is 0 Å². The molecule has 4 aromatic rings. The lowest BCUT2D eigenvalue weighted by atomic mass is 10.2. The molecule has 160 valence electrons. The number of hydrogen-bond acceptors (Lipinski definition) is 5. The summed E-state index contributed by atoms with van der Waals surface area (Å²) in [5.74, 6) is -0.483. The minimum atomic E-state index is -3.30. The molecule has 2 aromatic heterocycles. The van der Waals surface area contributed by atoms with E-state index in [1.807, 2.05) is 17.7 Å². The Labute approximate surface area is 183 Å². The zero-order chi connectivity index (χ0) is 22.3. The molecule has 0 aliphatic carbocycles. The molecule has 4 rings (SSSR count). The monoisotopic (exact) mass is 457 g/mol. The number of thiophene rings is 1. The first kappa shape index (κ1) is 21.2. The largest absolute Gasteiger partial charge is 0.311 e. The summed E-state index contributed by atoms with van der Waals surface area (Å²) in [5, 5.41) is 5.45. The topological polar surface area (TPSA) is 72.3 Å². The Morgan fingerprint density at radius 1 is 1.13 bits per heavy atom. The molecule has 0 spiro atoms. The number of sulfone groups is 1. The van der Waals surface area contributed by atoms with Gasteiger partial charge in [0.05, 0.1) is 22.0 Å². The Morgan fingerprint density at radius 2 is 1.77 bits per heavy atom. The van der Waals surface area contributed by atoms with Crippen molar-refractivity contribution in [1.82, 2.24) is 9.78 Å². The van der Waals surface area contributed by atoms with Gasteiger partial charge in [0, 0.05) is 24.4 Å². The highest BCUT2D eigenvalue weighted by molar-refractivity contribution is 7.90. The molecule has 0 fully saturated rings. The van der Waals surface area contributed by atoms with E-state index >= 15 is 0 Å². The molecule has 9 heteroatoms. The van der Waals surface area contributed by atoms with Crippen LogP contribution in [0.4, 0.5) is 10.1 Å². The molecule has 6 nitrogen and oxygen atoms in total. The van der Waals surface area contributed by atoms with E-state index < -0.39 is 9.84 Å². The van der Waals surface area contributed by atoms with Gasteiger partial charge in [0.15, 0.2) is 9.84 Å². The molecule has 0 radical (unpaired) electrons. The molecular weight excluding hydrogens is 437 g/mol. The predicted octanol–water partition coefficient (Wildman–Crippen LogP) is 4.27. The Balaban J connectivity index is 1.62. The summed E-state index contributed by atoms with van der Waals surface area (Å²) in [6, 6.07) is 14.3. The summed E-state index contributed by atoms with van der Waals surface area (Å²) < 4.78 is 38.3. The van der Waals surface area contributed by atoms with Gasteiger partial charge in [-0.25, -0.2) is 12.8 Å². The first-order valence-electron chi connectivity index (χ1n) is 9.43. The van der Waals surface area contributed by atoms with Crippen molar-refractivity contribution in [3.8, 4) is 0 Å². The second-order valence-electron chi connectivity index (χ2n) is 7.33. The lowest BCUT2D eigenvalue weighted by Gasteiger charge is -2.16. The quantitative estimate of drug-likeness (QED) is 0.449. The highest BCUT2D eigenvalue weighted by atomic mass is 32.2. The number of aromatic nitrogens is 2. The SMILES string of the molecule is Cc1nn(Cc2ccc(F)cc2)c2sc(C(=O)N(C)c3ccc(S(C)(=O)=O)cc3)cc12. The van der Waals surface area contributed by atoms with Crippen LogP contribution in [0.1, 0.15) is 20.9 Å². The van der Waals surface area contributed by atoms with Crippen LogP contribution in [-0.4, -0.2) is 37.4 Å². The lowest BCUT2D eigenvalue weighted by molar-refractivity contribution is 0.0997. The second kappa shape index (κ2) is 7.90. The number of anilines is 1. The third kappa shape index (κ3) is 4.24. The van der Waals surface area contributed by atoms with Gasteiger partial charge < -0.3 is 4.90 Å². The Hall–Kier alpha value is -3.04. The van der Waals surface area contributed by atoms with Crippen molar-refractivity contribution in [2.75, 3.05) is 18.2 Å². The molecule has 1 amide bonds. The van der Waals surface area contributed by atoms with Crippen LogP contribution in [0.25, 0.3) is 10.2 Å². The maximum absolute atomic E-state index is 13.2. The van der Waals surface area contributed by atoms with E-state index in [0.29, 0.717) is 17.1 Å². The molecule has 0 aliphatic heterocycles. The highest BCUT2D eigenvalue weighted by Gasteiger charge is 2.20. The van der Waals surface area contributed by atoms with Crippen LogP contribution in [0.15, 0.2) is 59.5 Å². The molecule has 0 aliphatic rings. The number of benzene rings is 2. The van der Waals surface area contributed by atoms with Crippen molar-refractivity contribution < 1.29 is 17.6 Å². The summed E-state index contributed by atoms with van der Waals surface area (Å²) in [7, 11) is -1.64. The van der Waals surface area contributed by atoms with Crippen molar-refractivity contribution >= 4 is 43.0 Å². The number of carbonyl (C=O) groups is 1. The Morgan fingerprint density at radius 3 is 2.39 bits per heavy atom. The predicted molar refractivity (Wildman–Crippen MR) is 120 cm³/mol. The van der Waals surface area contributed by atoms with Crippen LogP contribution in [0, 0.1) is 12.7 Å². The van der Waals surface area contributed by atoms with Gasteiger partial charge in [-0.3, -0.25) is 9.48 Å². The summed E-state index contributed by atoms with van der Waals surface area (Å²) in [4.78, 5) is 16.2. The fourth-order valence-corrected chi connectivity index (χ4v) is 5.05. The number of hydrogen-bond donors (Lipinski definition) is 0. The summed E-state index contributed by atoms with van der Waals surface area (Å²) >= 11 is 1.34. The molecule has 0 atom stereocenters. The standard InChI is InChI=1S/C22H20FN3O3S2/c1-14-19-12-20(21(27)25(2)17-8-10-18(11-9-17)31(3,28)29)30-22(19)26(24-14)13-15-4-6-16(23)7-5-15/h4-12H,13H2,1-3H3. The van der Waals surface area contributed by atoms with Crippen molar-refractivity contribution in [3.63, 3.8) is 0 Å². The number of carbonyl (C=O) groups excluding carboxylic acids is 1. The summed E-state index contributed by atoms with van der Waals surface area (Å²) in [6.45, 7) is 2.36. The molecule has 2 heterocycles. The van der Waals surface area contributed by atoms with Crippen molar-refractivity contribution in [1.29, 1.82) is 0 Å². The fourth-order valence-electron chi connectivity index (χ4n) is 3.29. The van der Waals surface area contributed by atoms with Crippen LogP contribution < -0.4 is 4.90 Å². The maximum Gasteiger partial charge on any atom is 0.268 e. The lowest BCUT2D eigenvalue weighted by Crippen LogP contribution is -2.25. The van der Waals surface area contributed by atoms with Crippen LogP contribution >= 0.6 is 11.3 Å². The van der Waals surface area contributed by atoms with E-state index in [0.717, 1.165) is 27.7 Å². The number of nitrogens with zero attached hydrogens (tertiary/aromatic N) is 3. The number of amides is 1. The number of fused-ring (bicyclic) bond motifs is 1. The highest BCUT2D eigenvalue weighted by Crippen LogP contribution is 2.30. The zero-order valence-corrected chi connectivity index (χ0v) is 18.8. The third-order valence-electron chi connectivity index (χ3n) is 5.02. The minimum Gasteiger partial charge on any atom is -0.311 e. The smallest absolute Gasteiger partial charge is 0.268 e. The van der Waals surface area contributed by atoms with Gasteiger partial charge in [-0.15, -0.1) is 11.3 Å². The fraction of sp³-hybridized carbons (Fsp3) is 0.182. The van der Waals surface area contributed by atoms with Crippen LogP contribution in [0.2, 0.25) is 0 Å². The molecule has 0 bridgehead atoms. The number of rotatable bonds is 5.